The molecule has 0 radical (unpaired) electrons. The molecule has 0 aromatic heterocycles. The van der Waals surface area contributed by atoms with Gasteiger partial charge in [0.05, 0.1) is 0 Å². The van der Waals surface area contributed by atoms with Gasteiger partial charge in [0.15, 0.2) is 11.4 Å². The number of hydrogen-bond donors (Lipinski definition) is 1. The Hall–Kier alpha value is -1.84. The summed E-state index contributed by atoms with van der Waals surface area (Å²) in [6.07, 6.45) is -0.631. The topological polar surface area (TPSA) is 64.7 Å². The lowest BCUT2D eigenvalue weighted by atomic mass is 9.95. The average molecular weight is 190 g/mol. The van der Waals surface area contributed by atoms with Crippen molar-refractivity contribution in [3.05, 3.63) is 35.9 Å². The third-order valence-electron chi connectivity index (χ3n) is 2.32. The Balaban J connectivity index is 2.45. The minimum absolute atomic E-state index is 0.203. The summed E-state index contributed by atoms with van der Waals surface area (Å²) in [6.45, 7) is 1.73. The zero-order valence-electron chi connectivity index (χ0n) is 7.73. The van der Waals surface area contributed by atoms with Gasteiger partial charge < -0.3 is 10.5 Å². The number of nitrogens with zero attached hydrogens (tertiary/aromatic N) is 1. The average Bonchev–Trinajstić information content (AvgIpc) is 2.43. The number of hydrogen-bond acceptors (Lipinski definition) is 3. The number of carbonyl (C=O) groups is 1. The van der Waals surface area contributed by atoms with Crippen LogP contribution >= 0.6 is 0 Å². The maximum Gasteiger partial charge on any atom is 0.436 e. The predicted octanol–water partition coefficient (Wildman–Crippen LogP) is 1.41. The van der Waals surface area contributed by atoms with Gasteiger partial charge in [-0.2, -0.15) is 4.99 Å². The highest BCUT2D eigenvalue weighted by Crippen LogP contribution is 2.29. The van der Waals surface area contributed by atoms with Crippen molar-refractivity contribution in [2.24, 2.45) is 10.7 Å². The Labute approximate surface area is 81.4 Å². The lowest BCUT2D eigenvalue weighted by Gasteiger charge is -2.22. The summed E-state index contributed by atoms with van der Waals surface area (Å²) >= 11 is 0. The molecule has 1 aliphatic heterocycles. The van der Waals surface area contributed by atoms with Gasteiger partial charge in [-0.3, -0.25) is 0 Å². The van der Waals surface area contributed by atoms with Gasteiger partial charge in [0.1, 0.15) is 0 Å². The molecule has 1 amide bonds. The second-order valence-electron chi connectivity index (χ2n) is 3.26. The van der Waals surface area contributed by atoms with Gasteiger partial charge in [-0.1, -0.05) is 30.3 Å². The monoisotopic (exact) mass is 190 g/mol. The normalized spacial score (nSPS) is 25.8. The predicted molar refractivity (Wildman–Crippen MR) is 51.9 cm³/mol. The number of carbonyl (C=O) groups excluding carboxylic acids is 1. The molecular formula is C10H10N2O2. The standard InChI is InChI=1S/C10H10N2O2/c1-10(7-5-3-2-4-6-7)8(11)12-9(13)14-10/h2-6H,1H3,(H2,11,12,13). The molecular weight excluding hydrogens is 180 g/mol. The summed E-state index contributed by atoms with van der Waals surface area (Å²) in [5, 5.41) is 0. The Morgan fingerprint density at radius 2 is 2.00 bits per heavy atom. The first-order chi connectivity index (χ1) is 6.63. The van der Waals surface area contributed by atoms with Crippen molar-refractivity contribution < 1.29 is 9.53 Å². The second kappa shape index (κ2) is 2.83. The smallest absolute Gasteiger partial charge is 0.428 e. The van der Waals surface area contributed by atoms with Gasteiger partial charge in [0, 0.05) is 5.56 Å². The maximum absolute atomic E-state index is 11.0. The molecule has 0 aliphatic carbocycles. The highest BCUT2D eigenvalue weighted by Gasteiger charge is 2.40. The van der Waals surface area contributed by atoms with Crippen molar-refractivity contribution in [1.82, 2.24) is 0 Å². The van der Waals surface area contributed by atoms with E-state index in [1.165, 1.54) is 0 Å². The van der Waals surface area contributed by atoms with Crippen LogP contribution in [0.15, 0.2) is 35.3 Å². The van der Waals surface area contributed by atoms with Crippen molar-refractivity contribution in [3.8, 4) is 0 Å². The molecule has 0 saturated heterocycles. The minimum Gasteiger partial charge on any atom is -0.428 e. The number of rotatable bonds is 1. The summed E-state index contributed by atoms with van der Waals surface area (Å²) in [6, 6.07) is 9.30. The molecule has 4 heteroatoms. The van der Waals surface area contributed by atoms with Gasteiger partial charge in [0.25, 0.3) is 0 Å². The molecule has 14 heavy (non-hydrogen) atoms. The number of amides is 1. The fourth-order valence-corrected chi connectivity index (χ4v) is 1.42. The van der Waals surface area contributed by atoms with Crippen LogP contribution < -0.4 is 5.73 Å². The molecule has 0 fully saturated rings. The molecule has 1 unspecified atom stereocenters. The maximum atomic E-state index is 11.0. The molecule has 1 aromatic carbocycles. The quantitative estimate of drug-likeness (QED) is 0.728. The summed E-state index contributed by atoms with van der Waals surface area (Å²) in [5.41, 5.74) is 5.56. The molecule has 0 spiro atoms. The number of aliphatic imine (C=N–C) groups is 1. The Morgan fingerprint density at radius 3 is 2.50 bits per heavy atom. The van der Waals surface area contributed by atoms with Crippen molar-refractivity contribution >= 4 is 11.9 Å². The SMILES string of the molecule is CC1(c2ccccc2)OC(=O)N=C1N. The number of amidine groups is 1. The van der Waals surface area contributed by atoms with Crippen LogP contribution in [0.4, 0.5) is 4.79 Å². The molecule has 0 saturated carbocycles. The number of benzene rings is 1. The van der Waals surface area contributed by atoms with Crippen LogP contribution in [0.5, 0.6) is 0 Å². The summed E-state index contributed by atoms with van der Waals surface area (Å²) in [7, 11) is 0. The van der Waals surface area contributed by atoms with Crippen molar-refractivity contribution in [2.75, 3.05) is 0 Å². The first-order valence-corrected chi connectivity index (χ1v) is 4.26. The molecule has 1 heterocycles. The van der Waals surface area contributed by atoms with Crippen LogP contribution in [0, 0.1) is 0 Å². The summed E-state index contributed by atoms with van der Waals surface area (Å²) in [5.74, 6) is 0.203. The summed E-state index contributed by atoms with van der Waals surface area (Å²) < 4.78 is 5.08. The van der Waals surface area contributed by atoms with E-state index in [1.807, 2.05) is 30.3 Å². The molecule has 4 nitrogen and oxygen atoms in total. The zero-order valence-corrected chi connectivity index (χ0v) is 7.73. The Morgan fingerprint density at radius 1 is 1.36 bits per heavy atom. The second-order valence-corrected chi connectivity index (χ2v) is 3.26. The number of ether oxygens (including phenoxy) is 1. The largest absolute Gasteiger partial charge is 0.436 e. The van der Waals surface area contributed by atoms with E-state index in [2.05, 4.69) is 4.99 Å². The molecule has 2 rings (SSSR count). The fraction of sp³-hybridized carbons (Fsp3) is 0.200. The van der Waals surface area contributed by atoms with Crippen LogP contribution in [0.2, 0.25) is 0 Å². The minimum atomic E-state index is -0.904. The first kappa shape index (κ1) is 8.74. The molecule has 1 atom stereocenters. The lowest BCUT2D eigenvalue weighted by Crippen LogP contribution is -2.36. The van der Waals surface area contributed by atoms with E-state index < -0.39 is 11.7 Å². The van der Waals surface area contributed by atoms with E-state index in [9.17, 15) is 4.79 Å². The lowest BCUT2D eigenvalue weighted by molar-refractivity contribution is 0.0928. The van der Waals surface area contributed by atoms with Crippen LogP contribution in [-0.2, 0) is 10.3 Å². The van der Waals surface area contributed by atoms with E-state index in [1.54, 1.807) is 6.92 Å². The van der Waals surface area contributed by atoms with Gasteiger partial charge in [0.2, 0.25) is 0 Å². The van der Waals surface area contributed by atoms with E-state index in [-0.39, 0.29) is 5.84 Å². The third-order valence-corrected chi connectivity index (χ3v) is 2.32. The van der Waals surface area contributed by atoms with Gasteiger partial charge in [-0.15, -0.1) is 0 Å². The zero-order chi connectivity index (χ0) is 10.2. The Kier molecular flexibility index (Phi) is 1.77. The van der Waals surface area contributed by atoms with Gasteiger partial charge >= 0.3 is 6.09 Å². The van der Waals surface area contributed by atoms with E-state index >= 15 is 0 Å². The van der Waals surface area contributed by atoms with E-state index in [0.29, 0.717) is 0 Å². The Bertz CT molecular complexity index is 400. The molecule has 1 aliphatic rings. The van der Waals surface area contributed by atoms with Crippen LogP contribution in [0.3, 0.4) is 0 Å². The summed E-state index contributed by atoms with van der Waals surface area (Å²) in [4.78, 5) is 14.5. The van der Waals surface area contributed by atoms with Crippen molar-refractivity contribution in [1.29, 1.82) is 0 Å². The first-order valence-electron chi connectivity index (χ1n) is 4.26. The molecule has 0 bridgehead atoms. The highest BCUT2D eigenvalue weighted by molar-refractivity contribution is 6.02. The molecule has 1 aromatic rings. The van der Waals surface area contributed by atoms with Crippen molar-refractivity contribution in [3.63, 3.8) is 0 Å². The third kappa shape index (κ3) is 1.16. The number of cyclic esters (lactones) is 1. The highest BCUT2D eigenvalue weighted by atomic mass is 16.6. The molecule has 2 N–H and O–H groups in total. The molecule has 72 valence electrons. The van der Waals surface area contributed by atoms with Crippen molar-refractivity contribution in [2.45, 2.75) is 12.5 Å². The fourth-order valence-electron chi connectivity index (χ4n) is 1.42. The number of nitrogens with two attached hydrogens (primary N) is 1. The van der Waals surface area contributed by atoms with Crippen LogP contribution in [-0.4, -0.2) is 11.9 Å². The van der Waals surface area contributed by atoms with Crippen LogP contribution in [0.1, 0.15) is 12.5 Å². The van der Waals surface area contributed by atoms with E-state index in [0.717, 1.165) is 5.56 Å². The van der Waals surface area contributed by atoms with Gasteiger partial charge in [-0.25, -0.2) is 4.79 Å². The van der Waals surface area contributed by atoms with E-state index in [4.69, 9.17) is 10.5 Å². The van der Waals surface area contributed by atoms with Crippen LogP contribution in [0.25, 0.3) is 0 Å². The van der Waals surface area contributed by atoms with Gasteiger partial charge in [-0.05, 0) is 6.92 Å².